The van der Waals surface area contributed by atoms with Gasteiger partial charge in [0.1, 0.15) is 0 Å². The fourth-order valence-corrected chi connectivity index (χ4v) is 33.5. The van der Waals surface area contributed by atoms with Crippen molar-refractivity contribution in [2.75, 3.05) is 237 Å². The van der Waals surface area contributed by atoms with E-state index in [1.165, 1.54) is 26.3 Å². The fourth-order valence-electron chi connectivity index (χ4n) is 14.4. The van der Waals surface area contributed by atoms with Gasteiger partial charge in [0.2, 0.25) is 17.7 Å². The zero-order valence-electron chi connectivity index (χ0n) is 93.8. The monoisotopic (exact) mass is 2250 g/mol. The van der Waals surface area contributed by atoms with E-state index in [0.29, 0.717) is 102 Å². The van der Waals surface area contributed by atoms with E-state index in [0.717, 1.165) is 84.1 Å². The van der Waals surface area contributed by atoms with E-state index in [2.05, 4.69) is 33.4 Å². The van der Waals surface area contributed by atoms with Crippen molar-refractivity contribution < 1.29 is 134 Å². The van der Waals surface area contributed by atoms with Crippen LogP contribution in [0, 0.1) is 0 Å². The predicted octanol–water partition coefficient (Wildman–Crippen LogP) is 12.3. The van der Waals surface area contributed by atoms with E-state index < -0.39 is 79.2 Å². The highest BCUT2D eigenvalue weighted by molar-refractivity contribution is 6.78. The molecule has 9 aromatic rings. The molecule has 0 spiro atoms. The maximum atomic E-state index is 11.0. The summed E-state index contributed by atoms with van der Waals surface area (Å²) >= 11 is 0. The Labute approximate surface area is 902 Å². The minimum absolute atomic E-state index is 0.0966. The van der Waals surface area contributed by atoms with Crippen LogP contribution in [0.5, 0.6) is 0 Å². The van der Waals surface area contributed by atoms with Gasteiger partial charge < -0.3 is 164 Å². The number of nitrogen functional groups attached to an aromatic ring is 4. The third-order valence-electron chi connectivity index (χ3n) is 20.9. The van der Waals surface area contributed by atoms with Crippen molar-refractivity contribution in [3.05, 3.63) is 236 Å². The smallest absolute Gasteiger partial charge is 0.399 e. The number of benzene rings is 9. The number of anilines is 8. The Morgan fingerprint density at radius 3 is 0.740 bits per heavy atom. The van der Waals surface area contributed by atoms with Crippen molar-refractivity contribution >= 4 is 179 Å². The van der Waals surface area contributed by atoms with E-state index in [-0.39, 0.29) is 17.7 Å². The van der Waals surface area contributed by atoms with Crippen LogP contribution < -0.4 is 80.5 Å². The van der Waals surface area contributed by atoms with Crippen LogP contribution in [-0.4, -0.2) is 289 Å². The second-order valence-corrected chi connectivity index (χ2v) is 55.9. The van der Waals surface area contributed by atoms with E-state index in [1.807, 2.05) is 265 Å². The van der Waals surface area contributed by atoms with Crippen LogP contribution in [0.2, 0.25) is 6.04 Å². The highest BCUT2D eigenvalue weighted by Crippen LogP contribution is 2.23. The minimum atomic E-state index is -2.85. The summed E-state index contributed by atoms with van der Waals surface area (Å²) in [5.41, 5.74) is 30.0. The number of carbonyl (C=O) groups is 3. The maximum Gasteiger partial charge on any atom is 0.537 e. The van der Waals surface area contributed by atoms with Gasteiger partial charge in [0.15, 0.2) is 0 Å². The number of hydrogen-bond donors (Lipinski definition) is 8. The SMILES string of the molecule is CCO[Si](Cc1ccccc1)(OCC)OCC.CCO[Si](OCC)(OCC)c1ccc(N)cc1.CCO[Si](OCC)(OCC)c1ccc(NC(C)=O)cc1.CCO[Si](OCC)(OCC)c1cccc(N)c1.CO[Si](CCCNc1ccccc1)(OC)OC.CO[Si](OC)(OC)c1ccc(N)cc1.CO[Si](OC)(OC)c1ccc(NC(C)=O)cc1.CO[Si](OC)(OC)c1cccc(N)c1.CO[Si](OC)(OC)c1cccc(NC(C)=O)c1. The molecule has 38 nitrogen and oxygen atoms in total. The topological polar surface area (TPSA) is 453 Å². The van der Waals surface area contributed by atoms with Crippen LogP contribution >= 0.6 is 0 Å². The minimum Gasteiger partial charge on any atom is -0.399 e. The number of nitrogens with one attached hydrogen (secondary N) is 4. The molecule has 0 saturated carbocycles. The third kappa shape index (κ3) is 47.3. The van der Waals surface area contributed by atoms with Gasteiger partial charge in [-0.2, -0.15) is 0 Å². The van der Waals surface area contributed by atoms with Crippen molar-refractivity contribution in [1.82, 2.24) is 0 Å². The quantitative estimate of drug-likeness (QED) is 0.00997. The molecule has 47 heteroatoms. The second kappa shape index (κ2) is 77.6. The molecular formula is C103H172N8O30Si9. The molecule has 0 aliphatic carbocycles. The van der Waals surface area contributed by atoms with Crippen molar-refractivity contribution in [3.63, 3.8) is 0 Å². The Bertz CT molecular complexity index is 4900. The van der Waals surface area contributed by atoms with Crippen LogP contribution in [0.1, 0.15) is 116 Å². The Morgan fingerprint density at radius 2 is 0.467 bits per heavy atom. The summed E-state index contributed by atoms with van der Waals surface area (Å²) in [7, 11) is -0.598. The number of para-hydroxylation sites is 1. The Morgan fingerprint density at radius 1 is 0.227 bits per heavy atom. The average molecular weight is 2260 g/mol. The zero-order valence-corrected chi connectivity index (χ0v) is 103. The van der Waals surface area contributed by atoms with Gasteiger partial charge in [-0.1, -0.05) is 133 Å². The number of rotatable bonds is 56. The van der Waals surface area contributed by atoms with E-state index >= 15 is 0 Å². The van der Waals surface area contributed by atoms with Crippen LogP contribution in [0.25, 0.3) is 0 Å². The second-order valence-electron chi connectivity index (χ2n) is 30.9. The maximum absolute atomic E-state index is 11.0. The van der Waals surface area contributed by atoms with Crippen LogP contribution in [-0.2, 0) is 140 Å². The van der Waals surface area contributed by atoms with E-state index in [9.17, 15) is 14.4 Å². The number of amides is 3. The van der Waals surface area contributed by atoms with Gasteiger partial charge in [-0.05, 0) is 192 Å². The molecule has 9 aromatic carbocycles. The molecule has 0 atom stereocenters. The molecule has 0 aromatic heterocycles. The highest BCUT2D eigenvalue weighted by Gasteiger charge is 2.49. The normalized spacial score (nSPS) is 11.5. The molecule has 150 heavy (non-hydrogen) atoms. The lowest BCUT2D eigenvalue weighted by Crippen LogP contribution is -2.56. The van der Waals surface area contributed by atoms with Gasteiger partial charge in [0.05, 0.1) is 0 Å². The first-order chi connectivity index (χ1) is 72.0. The largest absolute Gasteiger partial charge is 0.537 e. The Hall–Kier alpha value is -8.74. The van der Waals surface area contributed by atoms with E-state index in [1.54, 1.807) is 143 Å². The molecule has 0 saturated heterocycles. The third-order valence-corrected chi connectivity index (χ3v) is 46.5. The molecule has 0 aliphatic rings. The van der Waals surface area contributed by atoms with Crippen molar-refractivity contribution in [3.8, 4) is 0 Å². The summed E-state index contributed by atoms with van der Waals surface area (Å²) in [4.78, 5) is 32.9. The van der Waals surface area contributed by atoms with Crippen LogP contribution in [0.3, 0.4) is 0 Å². The van der Waals surface area contributed by atoms with Gasteiger partial charge in [0, 0.05) is 307 Å². The van der Waals surface area contributed by atoms with Gasteiger partial charge in [0.25, 0.3) is 0 Å². The lowest BCUT2D eigenvalue weighted by atomic mass is 10.2. The van der Waals surface area contributed by atoms with Crippen LogP contribution in [0.15, 0.2) is 231 Å². The molecule has 0 aliphatic heterocycles. The Balaban J connectivity index is 0.000000845. The first kappa shape index (κ1) is 139. The summed E-state index contributed by atoms with van der Waals surface area (Å²) < 4.78 is 150. The molecule has 3 amide bonds. The molecule has 840 valence electrons. The molecule has 12 N–H and O–H groups in total. The first-order valence-electron chi connectivity index (χ1n) is 49.3. The molecule has 0 heterocycles. The highest BCUT2D eigenvalue weighted by atomic mass is 28.4. The predicted molar refractivity (Wildman–Crippen MR) is 614 cm³/mol. The number of nitrogens with two attached hydrogens (primary N) is 4. The van der Waals surface area contributed by atoms with Crippen molar-refractivity contribution in [2.45, 2.75) is 122 Å². The molecule has 0 bridgehead atoms. The number of hydrogen-bond acceptors (Lipinski definition) is 35. The summed E-state index contributed by atoms with van der Waals surface area (Å²) in [5, 5.41) is 17.7. The standard InChI is InChI=1S/C14H23NO4Si.C13H22O3Si.3C12H21NO3Si.2C11H17NO4Si.2C9H15NO3Si/c1-5-17-20(18-6-2,19-7-3)14-10-8-13(9-11-14)15-12(4)16;1-4-14-17(15-5-2,16-6-3)12-13-10-8-7-9-11-13;1-14-17(15-2,16-3)11-7-10-13-12-8-5-4-6-9-12;1-4-14-17(15-5-2,16-6-3)12-9-7-11(13)8-10-12;1-4-14-17(15-5-2,16-6-3)12-9-7-8-11(13)10-12;1-9(13)12-10-5-7-11(8-6-10)17(14-2,15-3)16-4;1-9(13)12-10-6-5-7-11(8-10)17(14-2,15-3)16-4;1-11-14(12-2,13-3)9-6-4-8(10)5-7-9;1-11-14(12-2,13-3)9-6-4-5-8(10)7-9/h8-11H,5-7H2,1-4H3,(H,15,16);7-11H,4-6,12H2,1-3H3;4-6,8-9,13H,7,10-11H2,1-3H3;2*7-10H,4-6,13H2,1-3H3;2*5-8H,1-4H3,(H,12,13);2*4-7H,10H2,1-3H3. The molecule has 0 radical (unpaired) electrons. The summed E-state index contributed by atoms with van der Waals surface area (Å²) in [6.45, 7) is 35.4. The molecule has 0 fully saturated rings. The summed E-state index contributed by atoms with van der Waals surface area (Å²) in [6.07, 6.45) is 0.955. The first-order valence-corrected chi connectivity index (χ1v) is 65.3. The van der Waals surface area contributed by atoms with Gasteiger partial charge in [-0.15, -0.1) is 0 Å². The molecule has 0 unspecified atom stereocenters. The van der Waals surface area contributed by atoms with Gasteiger partial charge >= 0.3 is 79.2 Å². The lowest BCUT2D eigenvalue weighted by Gasteiger charge is -2.28. The lowest BCUT2D eigenvalue weighted by molar-refractivity contribution is -0.115. The van der Waals surface area contributed by atoms with Crippen LogP contribution in [0.4, 0.5) is 45.5 Å². The molecule has 9 rings (SSSR count). The van der Waals surface area contributed by atoms with Crippen molar-refractivity contribution in [1.29, 1.82) is 0 Å². The Kier molecular flexibility index (Phi) is 72.0. The molecular weight excluding hydrogens is 2080 g/mol. The summed E-state index contributed by atoms with van der Waals surface area (Å²) in [6, 6.07) is 73.6. The number of carbonyl (C=O) groups excluding carboxylic acids is 3. The average Bonchev–Trinajstić information content (AvgIpc) is 0.824. The fraction of sp³-hybridized carbons (Fsp3) is 0.447. The zero-order chi connectivity index (χ0) is 113. The summed E-state index contributed by atoms with van der Waals surface area (Å²) in [5.74, 6) is -0.325. The van der Waals surface area contributed by atoms with E-state index in [4.69, 9.17) is 142 Å². The van der Waals surface area contributed by atoms with Gasteiger partial charge in [-0.3, -0.25) is 14.4 Å². The van der Waals surface area contributed by atoms with Crippen molar-refractivity contribution in [2.24, 2.45) is 0 Å². The van der Waals surface area contributed by atoms with Gasteiger partial charge in [-0.25, -0.2) is 0 Å².